The number of morpholine rings is 1. The first kappa shape index (κ1) is 28.0. The van der Waals surface area contributed by atoms with E-state index in [4.69, 9.17) is 38.4 Å². The predicted octanol–water partition coefficient (Wildman–Crippen LogP) is 2.49. The van der Waals surface area contributed by atoms with Crippen molar-refractivity contribution in [3.8, 4) is 5.75 Å². The number of aliphatic hydroxyl groups is 2. The van der Waals surface area contributed by atoms with Crippen LogP contribution in [0.3, 0.4) is 0 Å². The summed E-state index contributed by atoms with van der Waals surface area (Å²) in [6, 6.07) is 11.5. The highest BCUT2D eigenvalue weighted by Gasteiger charge is 2.25. The standard InChI is InChI=1S/C28H33ClN4O5S/c29-20-3-1-18(2-4-20)11-31-28(36)24-16-33-15-22(13-30-12-21(35)17-34)38-25-10-19(9-23(26(25)33)27(24)39)14-32-5-7-37-8-6-32/h1-4,9-10,16,21-22,30,34-35H,5-8,11-15,17H2,(H,31,36). The Morgan fingerprint density at radius 2 is 1.95 bits per heavy atom. The highest BCUT2D eigenvalue weighted by atomic mass is 35.5. The van der Waals surface area contributed by atoms with Gasteiger partial charge in [0, 0.05) is 55.9 Å². The molecule has 2 atom stereocenters. The van der Waals surface area contributed by atoms with Gasteiger partial charge in [0.05, 0.1) is 48.1 Å². The Morgan fingerprint density at radius 3 is 2.69 bits per heavy atom. The number of rotatable bonds is 10. The van der Waals surface area contributed by atoms with Gasteiger partial charge in [-0.1, -0.05) is 36.0 Å². The van der Waals surface area contributed by atoms with Crippen molar-refractivity contribution in [2.75, 3.05) is 46.0 Å². The summed E-state index contributed by atoms with van der Waals surface area (Å²) in [6.07, 6.45) is 0.734. The first-order valence-corrected chi connectivity index (χ1v) is 13.9. The molecule has 0 spiro atoms. The molecule has 5 rings (SSSR count). The number of pyridine rings is 1. The number of halogens is 1. The van der Waals surface area contributed by atoms with Crippen LogP contribution in [0.25, 0.3) is 10.9 Å². The lowest BCUT2D eigenvalue weighted by atomic mass is 10.0. The SMILES string of the molecule is O=C(NCc1ccc(Cl)cc1)c1cn2c3c(cc(CN4CCOCC4)cc3c1=S)OC(CNCC(O)CO)C2. The Hall–Kier alpha value is -2.57. The summed E-state index contributed by atoms with van der Waals surface area (Å²) in [4.78, 5) is 15.7. The van der Waals surface area contributed by atoms with E-state index < -0.39 is 6.10 Å². The van der Waals surface area contributed by atoms with Gasteiger partial charge in [0.25, 0.3) is 5.91 Å². The van der Waals surface area contributed by atoms with Gasteiger partial charge in [0.2, 0.25) is 0 Å². The molecule has 3 heterocycles. The molecule has 0 bridgehead atoms. The summed E-state index contributed by atoms with van der Waals surface area (Å²) in [5.41, 5.74) is 3.30. The molecule has 2 unspecified atom stereocenters. The van der Waals surface area contributed by atoms with E-state index >= 15 is 0 Å². The molecule has 1 saturated heterocycles. The van der Waals surface area contributed by atoms with Crippen molar-refractivity contribution >= 4 is 40.6 Å². The number of carbonyl (C=O) groups is 1. The second-order valence-electron chi connectivity index (χ2n) is 9.95. The van der Waals surface area contributed by atoms with Crippen molar-refractivity contribution in [2.45, 2.75) is 31.8 Å². The molecule has 0 radical (unpaired) electrons. The maximum absolute atomic E-state index is 13.3. The Morgan fingerprint density at radius 1 is 1.18 bits per heavy atom. The number of amides is 1. The molecule has 39 heavy (non-hydrogen) atoms. The number of hydrogen-bond acceptors (Lipinski definition) is 8. The molecular formula is C28H33ClN4O5S. The molecule has 4 N–H and O–H groups in total. The van der Waals surface area contributed by atoms with E-state index in [2.05, 4.69) is 27.7 Å². The Labute approximate surface area is 237 Å². The van der Waals surface area contributed by atoms with Crippen LogP contribution in [0.4, 0.5) is 0 Å². The van der Waals surface area contributed by atoms with Gasteiger partial charge in [-0.25, -0.2) is 0 Å². The fraction of sp³-hybridized carbons (Fsp3) is 0.429. The molecule has 0 saturated carbocycles. The lowest BCUT2D eigenvalue weighted by molar-refractivity contribution is 0.0341. The first-order valence-electron chi connectivity index (χ1n) is 13.1. The van der Waals surface area contributed by atoms with Crippen molar-refractivity contribution in [3.05, 3.63) is 68.8 Å². The lowest BCUT2D eigenvalue weighted by Crippen LogP contribution is -2.41. The zero-order valence-electron chi connectivity index (χ0n) is 21.6. The zero-order chi connectivity index (χ0) is 27.4. The maximum Gasteiger partial charge on any atom is 0.254 e. The van der Waals surface area contributed by atoms with Gasteiger partial charge < -0.3 is 34.9 Å². The van der Waals surface area contributed by atoms with Crippen molar-refractivity contribution in [3.63, 3.8) is 0 Å². The van der Waals surface area contributed by atoms with Crippen molar-refractivity contribution in [1.29, 1.82) is 0 Å². The van der Waals surface area contributed by atoms with E-state index in [1.54, 1.807) is 12.1 Å². The van der Waals surface area contributed by atoms with Crippen LogP contribution in [0.1, 0.15) is 21.5 Å². The van der Waals surface area contributed by atoms with Gasteiger partial charge in [-0.2, -0.15) is 0 Å². The van der Waals surface area contributed by atoms with Gasteiger partial charge in [-0.05, 0) is 35.4 Å². The molecule has 208 valence electrons. The van der Waals surface area contributed by atoms with Gasteiger partial charge >= 0.3 is 0 Å². The van der Waals surface area contributed by atoms with Crippen LogP contribution in [-0.2, 0) is 24.4 Å². The van der Waals surface area contributed by atoms with Crippen LogP contribution in [0.15, 0.2) is 42.6 Å². The summed E-state index contributed by atoms with van der Waals surface area (Å²) < 4.78 is 14.4. The summed E-state index contributed by atoms with van der Waals surface area (Å²) in [5.74, 6) is 0.476. The molecule has 1 fully saturated rings. The molecule has 2 aliphatic rings. The number of nitrogens with zero attached hydrogens (tertiary/aromatic N) is 2. The molecule has 1 aromatic heterocycles. The molecule has 2 aromatic carbocycles. The van der Waals surface area contributed by atoms with Crippen LogP contribution < -0.4 is 15.4 Å². The van der Waals surface area contributed by atoms with E-state index in [9.17, 15) is 9.90 Å². The normalized spacial score (nSPS) is 18.1. The smallest absolute Gasteiger partial charge is 0.254 e. The fourth-order valence-electron chi connectivity index (χ4n) is 4.96. The summed E-state index contributed by atoms with van der Waals surface area (Å²) >= 11 is 11.9. The van der Waals surface area contributed by atoms with Crippen molar-refractivity contribution in [2.24, 2.45) is 0 Å². The quantitative estimate of drug-likeness (QED) is 0.275. The molecule has 3 aromatic rings. The molecule has 2 aliphatic heterocycles. The molecule has 11 heteroatoms. The Bertz CT molecular complexity index is 1380. The number of aliphatic hydroxyl groups excluding tert-OH is 2. The topological polar surface area (TPSA) is 108 Å². The fourth-order valence-corrected chi connectivity index (χ4v) is 5.39. The number of aromatic nitrogens is 1. The van der Waals surface area contributed by atoms with Gasteiger partial charge in [0.15, 0.2) is 0 Å². The monoisotopic (exact) mass is 572 g/mol. The Kier molecular flexibility index (Phi) is 9.13. The molecular weight excluding hydrogens is 540 g/mol. The van der Waals surface area contributed by atoms with E-state index in [-0.39, 0.29) is 25.2 Å². The van der Waals surface area contributed by atoms with E-state index in [0.29, 0.717) is 47.9 Å². The molecule has 1 amide bonds. The minimum Gasteiger partial charge on any atom is -0.485 e. The number of hydrogen-bond donors (Lipinski definition) is 4. The second kappa shape index (κ2) is 12.7. The van der Waals surface area contributed by atoms with E-state index in [1.165, 1.54) is 0 Å². The zero-order valence-corrected chi connectivity index (χ0v) is 23.1. The minimum atomic E-state index is -0.837. The maximum atomic E-state index is 13.3. The highest BCUT2D eigenvalue weighted by molar-refractivity contribution is 7.71. The number of benzene rings is 2. The van der Waals surface area contributed by atoms with Gasteiger partial charge in [-0.15, -0.1) is 0 Å². The predicted molar refractivity (Wildman–Crippen MR) is 152 cm³/mol. The molecule has 0 aliphatic carbocycles. The number of carbonyl (C=O) groups excluding carboxylic acids is 1. The first-order chi connectivity index (χ1) is 18.9. The number of ether oxygens (including phenoxy) is 2. The average Bonchev–Trinajstić information content (AvgIpc) is 2.94. The summed E-state index contributed by atoms with van der Waals surface area (Å²) in [6.45, 7) is 5.10. The second-order valence-corrected chi connectivity index (χ2v) is 10.8. The van der Waals surface area contributed by atoms with E-state index in [1.807, 2.05) is 22.9 Å². The molecule has 9 nitrogen and oxygen atoms in total. The van der Waals surface area contributed by atoms with Gasteiger partial charge in [-0.3, -0.25) is 9.69 Å². The van der Waals surface area contributed by atoms with Crippen LogP contribution in [0.2, 0.25) is 5.02 Å². The summed E-state index contributed by atoms with van der Waals surface area (Å²) in [7, 11) is 0. The third-order valence-corrected chi connectivity index (χ3v) is 7.67. The lowest BCUT2D eigenvalue weighted by Gasteiger charge is -2.31. The third-order valence-electron chi connectivity index (χ3n) is 6.97. The average molecular weight is 573 g/mol. The van der Waals surface area contributed by atoms with Crippen LogP contribution in [0, 0.1) is 4.51 Å². The van der Waals surface area contributed by atoms with E-state index in [0.717, 1.165) is 47.4 Å². The van der Waals surface area contributed by atoms with Crippen molar-refractivity contribution < 1.29 is 24.5 Å². The third kappa shape index (κ3) is 6.78. The van der Waals surface area contributed by atoms with Gasteiger partial charge in [0.1, 0.15) is 11.9 Å². The van der Waals surface area contributed by atoms with Crippen molar-refractivity contribution in [1.82, 2.24) is 20.1 Å². The Balaban J connectivity index is 1.45. The van der Waals surface area contributed by atoms with Crippen LogP contribution in [-0.4, -0.2) is 83.8 Å². The highest BCUT2D eigenvalue weighted by Crippen LogP contribution is 2.34. The minimum absolute atomic E-state index is 0.240. The number of nitrogens with one attached hydrogen (secondary N) is 2. The summed E-state index contributed by atoms with van der Waals surface area (Å²) in [5, 5.41) is 26.4. The van der Waals surface area contributed by atoms with Crippen LogP contribution >= 0.6 is 23.8 Å². The van der Waals surface area contributed by atoms with Crippen LogP contribution in [0.5, 0.6) is 5.75 Å². The largest absolute Gasteiger partial charge is 0.485 e.